The predicted molar refractivity (Wildman–Crippen MR) is 154 cm³/mol. The third kappa shape index (κ3) is 6.21. The number of carbonyl (C=O) groups excluding carboxylic acids is 1. The molecule has 4 rings (SSSR count). The van der Waals surface area contributed by atoms with Crippen LogP contribution in [-0.2, 0) is 0 Å². The van der Waals surface area contributed by atoms with E-state index >= 15 is 0 Å². The first-order chi connectivity index (χ1) is 17.8. The molecule has 0 saturated carbocycles. The van der Waals surface area contributed by atoms with Gasteiger partial charge in [-0.15, -0.1) is 0 Å². The molecule has 0 aliphatic rings. The number of benzene rings is 3. The van der Waals surface area contributed by atoms with Gasteiger partial charge in [-0.2, -0.15) is 0 Å². The quantitative estimate of drug-likeness (QED) is 0.263. The number of urea groups is 1. The number of aromatic nitrogens is 2. The third-order valence-electron chi connectivity index (χ3n) is 6.07. The fraction of sp³-hybridized carbons (Fsp3) is 0.250. The molecule has 1 heterocycles. The number of anilines is 1. The molecule has 0 aliphatic carbocycles. The van der Waals surface area contributed by atoms with Gasteiger partial charge in [0.05, 0.1) is 22.6 Å². The lowest BCUT2D eigenvalue weighted by Gasteiger charge is -2.33. The minimum Gasteiger partial charge on any atom is -0.313 e. The number of para-hydroxylation sites is 1. The Morgan fingerprint density at radius 2 is 1.78 bits per heavy atom. The molecule has 2 amide bonds. The molecule has 4 aromatic rings. The van der Waals surface area contributed by atoms with E-state index in [-0.39, 0.29) is 11.6 Å². The largest absolute Gasteiger partial charge is 0.322 e. The van der Waals surface area contributed by atoms with Crippen LogP contribution in [0, 0.1) is 0 Å². The van der Waals surface area contributed by atoms with Crippen LogP contribution in [0.1, 0.15) is 25.2 Å². The molecule has 0 bridgehead atoms. The lowest BCUT2D eigenvalue weighted by Crippen LogP contribution is -2.43. The van der Waals surface area contributed by atoms with Gasteiger partial charge in [-0.05, 0) is 75.1 Å². The molecule has 9 heteroatoms. The zero-order chi connectivity index (χ0) is 26.5. The fourth-order valence-corrected chi connectivity index (χ4v) is 4.66. The molecule has 3 aromatic carbocycles. The Bertz CT molecular complexity index is 1460. The third-order valence-corrected chi connectivity index (χ3v) is 6.84. The highest BCUT2D eigenvalue weighted by Gasteiger charge is 2.29. The molecule has 1 unspecified atom stereocenters. The van der Waals surface area contributed by atoms with Crippen molar-refractivity contribution in [1.82, 2.24) is 19.4 Å². The van der Waals surface area contributed by atoms with Gasteiger partial charge in [-0.3, -0.25) is 9.36 Å². The normalized spacial score (nSPS) is 12.1. The summed E-state index contributed by atoms with van der Waals surface area (Å²) >= 11 is 9.74. The van der Waals surface area contributed by atoms with Crippen molar-refractivity contribution in [2.45, 2.75) is 19.4 Å². The van der Waals surface area contributed by atoms with Crippen molar-refractivity contribution in [3.63, 3.8) is 0 Å². The van der Waals surface area contributed by atoms with Crippen molar-refractivity contribution in [1.29, 1.82) is 0 Å². The zero-order valence-electron chi connectivity index (χ0n) is 21.0. The van der Waals surface area contributed by atoms with Crippen molar-refractivity contribution < 1.29 is 4.79 Å². The summed E-state index contributed by atoms with van der Waals surface area (Å²) in [6, 6.07) is 21.1. The van der Waals surface area contributed by atoms with Crippen LogP contribution in [0.15, 0.2) is 82.1 Å². The van der Waals surface area contributed by atoms with E-state index in [9.17, 15) is 9.59 Å². The minimum absolute atomic E-state index is 0.206. The summed E-state index contributed by atoms with van der Waals surface area (Å²) in [6.07, 6.45) is 0.548. The van der Waals surface area contributed by atoms with Gasteiger partial charge in [0, 0.05) is 28.3 Å². The second kappa shape index (κ2) is 11.9. The zero-order valence-corrected chi connectivity index (χ0v) is 23.3. The number of hydrogen-bond donors (Lipinski definition) is 1. The summed E-state index contributed by atoms with van der Waals surface area (Å²) in [5.74, 6) is 0.484. The molecule has 7 nitrogen and oxygen atoms in total. The lowest BCUT2D eigenvalue weighted by molar-refractivity contribution is 0.173. The van der Waals surface area contributed by atoms with Crippen molar-refractivity contribution >= 4 is 50.2 Å². The number of nitrogens with one attached hydrogen (secondary N) is 1. The summed E-state index contributed by atoms with van der Waals surface area (Å²) in [5.41, 5.74) is 1.66. The summed E-state index contributed by atoms with van der Waals surface area (Å²) in [6.45, 7) is 3.06. The van der Waals surface area contributed by atoms with E-state index in [1.807, 2.05) is 74.4 Å². The van der Waals surface area contributed by atoms with E-state index in [1.54, 1.807) is 33.7 Å². The number of fused-ring (bicyclic) bond motifs is 1. The number of nitrogens with zero attached hydrogens (tertiary/aromatic N) is 4. The Kier molecular flexibility index (Phi) is 8.63. The van der Waals surface area contributed by atoms with Crippen molar-refractivity contribution in [2.75, 3.05) is 32.5 Å². The molecule has 0 spiro atoms. The molecule has 1 N–H and O–H groups in total. The van der Waals surface area contributed by atoms with E-state index in [4.69, 9.17) is 16.6 Å². The van der Waals surface area contributed by atoms with E-state index in [1.165, 1.54) is 0 Å². The van der Waals surface area contributed by atoms with E-state index in [0.29, 0.717) is 52.6 Å². The van der Waals surface area contributed by atoms with Crippen LogP contribution in [0.5, 0.6) is 0 Å². The standard InChI is InChI=1S/C28H29BrClN5O2/c1-4-25(34(17-16-33(2)3)28(37)31-21-14-12-19(29)13-15-21)26-32-24-11-6-5-10-23(24)27(36)35(26)22-9-7-8-20(30)18-22/h5-15,18,25H,4,16-17H2,1-3H3,(H,31,37). The molecule has 0 saturated heterocycles. The Hall–Kier alpha value is -3.20. The second-order valence-electron chi connectivity index (χ2n) is 8.97. The highest BCUT2D eigenvalue weighted by atomic mass is 79.9. The molecule has 37 heavy (non-hydrogen) atoms. The molecule has 0 fully saturated rings. The van der Waals surface area contributed by atoms with Crippen LogP contribution in [0.2, 0.25) is 5.02 Å². The van der Waals surface area contributed by atoms with Crippen molar-refractivity contribution in [2.24, 2.45) is 0 Å². The van der Waals surface area contributed by atoms with Gasteiger partial charge in [0.1, 0.15) is 5.82 Å². The monoisotopic (exact) mass is 581 g/mol. The van der Waals surface area contributed by atoms with E-state index in [2.05, 4.69) is 21.2 Å². The first-order valence-electron chi connectivity index (χ1n) is 12.0. The van der Waals surface area contributed by atoms with Crippen LogP contribution in [0.25, 0.3) is 16.6 Å². The van der Waals surface area contributed by atoms with Gasteiger partial charge in [0.2, 0.25) is 0 Å². The number of likely N-dealkylation sites (N-methyl/N-ethyl adjacent to an activating group) is 1. The Balaban J connectivity index is 1.86. The Morgan fingerprint density at radius 3 is 2.46 bits per heavy atom. The van der Waals surface area contributed by atoms with Crippen molar-refractivity contribution in [3.05, 3.63) is 98.5 Å². The number of rotatable bonds is 8. The SMILES string of the molecule is CCC(c1nc2ccccc2c(=O)n1-c1cccc(Cl)c1)N(CCN(C)C)C(=O)Nc1ccc(Br)cc1. The van der Waals surface area contributed by atoms with Crippen LogP contribution >= 0.6 is 27.5 Å². The average Bonchev–Trinajstić information content (AvgIpc) is 2.87. The molecular weight excluding hydrogens is 554 g/mol. The highest BCUT2D eigenvalue weighted by Crippen LogP contribution is 2.28. The summed E-state index contributed by atoms with van der Waals surface area (Å²) in [7, 11) is 3.92. The van der Waals surface area contributed by atoms with Gasteiger partial charge in [0.25, 0.3) is 5.56 Å². The lowest BCUT2D eigenvalue weighted by atomic mass is 10.1. The van der Waals surface area contributed by atoms with Gasteiger partial charge in [-0.1, -0.05) is 52.7 Å². The molecule has 0 aliphatic heterocycles. The van der Waals surface area contributed by atoms with Gasteiger partial charge >= 0.3 is 6.03 Å². The van der Waals surface area contributed by atoms with Crippen LogP contribution in [-0.4, -0.2) is 52.6 Å². The van der Waals surface area contributed by atoms with Crippen LogP contribution in [0.3, 0.4) is 0 Å². The fourth-order valence-electron chi connectivity index (χ4n) is 4.22. The molecular formula is C28H29BrClN5O2. The van der Waals surface area contributed by atoms with E-state index < -0.39 is 6.04 Å². The molecule has 1 aromatic heterocycles. The summed E-state index contributed by atoms with van der Waals surface area (Å²) in [4.78, 5) is 36.2. The maximum absolute atomic E-state index is 13.8. The number of hydrogen-bond acceptors (Lipinski definition) is 4. The van der Waals surface area contributed by atoms with Gasteiger partial charge in [-0.25, -0.2) is 9.78 Å². The smallest absolute Gasteiger partial charge is 0.313 e. The van der Waals surface area contributed by atoms with Crippen LogP contribution in [0.4, 0.5) is 10.5 Å². The first-order valence-corrected chi connectivity index (χ1v) is 13.2. The van der Waals surface area contributed by atoms with Gasteiger partial charge in [0.15, 0.2) is 0 Å². The summed E-state index contributed by atoms with van der Waals surface area (Å²) < 4.78 is 2.50. The Morgan fingerprint density at radius 1 is 1.05 bits per heavy atom. The van der Waals surface area contributed by atoms with E-state index in [0.717, 1.165) is 4.47 Å². The second-order valence-corrected chi connectivity index (χ2v) is 10.3. The number of amides is 2. The number of halogens is 2. The minimum atomic E-state index is -0.480. The average molecular weight is 583 g/mol. The van der Waals surface area contributed by atoms with Crippen LogP contribution < -0.4 is 10.9 Å². The molecule has 192 valence electrons. The Labute approximate surface area is 229 Å². The highest BCUT2D eigenvalue weighted by molar-refractivity contribution is 9.10. The topological polar surface area (TPSA) is 70.5 Å². The number of carbonyl (C=O) groups is 1. The molecule has 1 atom stereocenters. The summed E-state index contributed by atoms with van der Waals surface area (Å²) in [5, 5.41) is 4.02. The molecule has 0 radical (unpaired) electrons. The van der Waals surface area contributed by atoms with Gasteiger partial charge < -0.3 is 15.1 Å². The maximum Gasteiger partial charge on any atom is 0.322 e. The maximum atomic E-state index is 13.8. The first kappa shape index (κ1) is 26.9. The predicted octanol–water partition coefficient (Wildman–Crippen LogP) is 6.35. The van der Waals surface area contributed by atoms with Crippen molar-refractivity contribution in [3.8, 4) is 5.69 Å².